The smallest absolute Gasteiger partial charge is 0.410 e. The second kappa shape index (κ2) is 8.30. The van der Waals surface area contributed by atoms with E-state index in [1.807, 2.05) is 62.1 Å². The second-order valence-electron chi connectivity index (χ2n) is 7.90. The molecule has 1 amide bonds. The summed E-state index contributed by atoms with van der Waals surface area (Å²) in [5.41, 5.74) is 0.270. The highest BCUT2D eigenvalue weighted by Gasteiger charge is 2.47. The summed E-state index contributed by atoms with van der Waals surface area (Å²) in [6.07, 6.45) is 7.81. The average Bonchev–Trinajstić information content (AvgIpc) is 3.29. The highest BCUT2D eigenvalue weighted by atomic mass is 16.6. The van der Waals surface area contributed by atoms with Gasteiger partial charge in [0.15, 0.2) is 5.82 Å². The zero-order valence-corrected chi connectivity index (χ0v) is 16.6. The van der Waals surface area contributed by atoms with Crippen molar-refractivity contribution >= 4 is 11.9 Å². The van der Waals surface area contributed by atoms with Gasteiger partial charge in [0.05, 0.1) is 23.8 Å². The van der Waals surface area contributed by atoms with Crippen molar-refractivity contribution in [1.29, 1.82) is 0 Å². The number of nitrogens with zero attached hydrogens (tertiary/aromatic N) is 4. The van der Waals surface area contributed by atoms with Crippen LogP contribution in [0.3, 0.4) is 0 Å². The van der Waals surface area contributed by atoms with Gasteiger partial charge in [-0.2, -0.15) is 5.10 Å². The molecule has 4 rings (SSSR count). The van der Waals surface area contributed by atoms with Gasteiger partial charge in [0.2, 0.25) is 0 Å². The number of piperazine rings is 1. The lowest BCUT2D eigenvalue weighted by atomic mass is 10.2. The number of terminal acetylenes is 1. The summed E-state index contributed by atoms with van der Waals surface area (Å²) in [6, 6.07) is 14.2. The van der Waals surface area contributed by atoms with Crippen LogP contribution in [0.5, 0.6) is 0 Å². The van der Waals surface area contributed by atoms with Gasteiger partial charge in [0.25, 0.3) is 0 Å². The van der Waals surface area contributed by atoms with Crippen molar-refractivity contribution in [3.63, 3.8) is 0 Å². The van der Waals surface area contributed by atoms with Gasteiger partial charge in [-0.05, 0) is 33.3 Å². The number of carbonyl (C=O) groups excluding carboxylic acids is 1. The van der Waals surface area contributed by atoms with E-state index in [0.29, 0.717) is 6.54 Å². The molecule has 2 saturated heterocycles. The Kier molecular flexibility index (Phi) is 5.84. The minimum atomic E-state index is -0.472. The van der Waals surface area contributed by atoms with Crippen LogP contribution in [0.2, 0.25) is 0 Å². The summed E-state index contributed by atoms with van der Waals surface area (Å²) >= 11 is 0. The summed E-state index contributed by atoms with van der Waals surface area (Å²) in [7, 11) is 0. The topological polar surface area (TPSA) is 58.6 Å². The van der Waals surface area contributed by atoms with E-state index in [1.165, 1.54) is 0 Å². The Morgan fingerprint density at radius 3 is 2.29 bits per heavy atom. The Morgan fingerprint density at radius 2 is 1.79 bits per heavy atom. The molecule has 0 spiro atoms. The minimum absolute atomic E-state index is 0.146. The maximum atomic E-state index is 12.2. The monoisotopic (exact) mass is 378 g/mol. The lowest BCUT2D eigenvalue weighted by Gasteiger charge is -2.35. The fraction of sp³-hybridized carbons (Fsp3) is 0.409. The van der Waals surface area contributed by atoms with E-state index in [2.05, 4.69) is 21.0 Å². The lowest BCUT2D eigenvalue weighted by molar-refractivity contribution is 0.0214. The zero-order valence-electron chi connectivity index (χ0n) is 16.6. The molecule has 6 nitrogen and oxygen atoms in total. The first-order valence-electron chi connectivity index (χ1n) is 9.43. The van der Waals surface area contributed by atoms with Crippen LogP contribution in [-0.4, -0.2) is 52.0 Å². The van der Waals surface area contributed by atoms with Crippen molar-refractivity contribution in [1.82, 2.24) is 15.1 Å². The fourth-order valence-electron chi connectivity index (χ4n) is 3.50. The van der Waals surface area contributed by atoms with Crippen molar-refractivity contribution in [2.24, 2.45) is 0 Å². The number of hydrogen-bond acceptors (Lipinski definition) is 5. The molecule has 2 fully saturated rings. The van der Waals surface area contributed by atoms with E-state index >= 15 is 0 Å². The molecule has 2 atom stereocenters. The molecule has 2 bridgehead atoms. The highest BCUT2D eigenvalue weighted by Crippen LogP contribution is 2.35. The molecule has 2 aromatic rings. The molecule has 0 saturated carbocycles. The van der Waals surface area contributed by atoms with E-state index in [1.54, 1.807) is 12.3 Å². The number of benzene rings is 1. The SMILES string of the molecule is C#Cc1ccnnc1N1C[C@@H]2C[C@H]1CN2C(=O)OC(C)(C)C.c1ccccc1. The van der Waals surface area contributed by atoms with Crippen molar-refractivity contribution in [2.45, 2.75) is 44.9 Å². The van der Waals surface area contributed by atoms with E-state index in [0.717, 1.165) is 24.3 Å². The minimum Gasteiger partial charge on any atom is -0.444 e. The molecule has 0 N–H and O–H groups in total. The summed E-state index contributed by atoms with van der Waals surface area (Å²) in [6.45, 7) is 7.00. The van der Waals surface area contributed by atoms with Crippen molar-refractivity contribution in [3.8, 4) is 12.3 Å². The quantitative estimate of drug-likeness (QED) is 0.713. The van der Waals surface area contributed by atoms with Gasteiger partial charge < -0.3 is 14.5 Å². The van der Waals surface area contributed by atoms with Crippen molar-refractivity contribution in [2.75, 3.05) is 18.0 Å². The molecule has 2 aliphatic rings. The van der Waals surface area contributed by atoms with Crippen LogP contribution < -0.4 is 4.90 Å². The molecule has 1 aromatic carbocycles. The number of rotatable bonds is 1. The molecule has 6 heteroatoms. The number of fused-ring (bicyclic) bond motifs is 2. The van der Waals surface area contributed by atoms with Crippen molar-refractivity contribution < 1.29 is 9.53 Å². The second-order valence-corrected chi connectivity index (χ2v) is 7.90. The number of amides is 1. The van der Waals surface area contributed by atoms with Crippen LogP contribution in [0.25, 0.3) is 0 Å². The normalized spacial score (nSPS) is 20.2. The van der Waals surface area contributed by atoms with Gasteiger partial charge in [-0.25, -0.2) is 4.79 Å². The van der Waals surface area contributed by atoms with Crippen LogP contribution in [0, 0.1) is 12.3 Å². The number of aromatic nitrogens is 2. The Labute approximate surface area is 166 Å². The number of likely N-dealkylation sites (tertiary alicyclic amines) is 1. The van der Waals surface area contributed by atoms with E-state index < -0.39 is 5.60 Å². The Bertz CT molecular complexity index is 815. The Hall–Kier alpha value is -3.07. The molecule has 1 aromatic heterocycles. The third-order valence-corrected chi connectivity index (χ3v) is 4.66. The third-order valence-electron chi connectivity index (χ3n) is 4.66. The fourth-order valence-corrected chi connectivity index (χ4v) is 3.50. The summed E-state index contributed by atoms with van der Waals surface area (Å²) in [5, 5.41) is 8.11. The van der Waals surface area contributed by atoms with E-state index in [4.69, 9.17) is 11.2 Å². The lowest BCUT2D eigenvalue weighted by Crippen LogP contribution is -2.50. The first-order chi connectivity index (χ1) is 13.4. The zero-order chi connectivity index (χ0) is 20.1. The van der Waals surface area contributed by atoms with Gasteiger partial charge in [-0.3, -0.25) is 0 Å². The number of carbonyl (C=O) groups is 1. The highest BCUT2D eigenvalue weighted by molar-refractivity contribution is 5.70. The van der Waals surface area contributed by atoms with Gasteiger partial charge in [-0.1, -0.05) is 42.3 Å². The predicted octanol–water partition coefficient (Wildman–Crippen LogP) is 3.34. The van der Waals surface area contributed by atoms with Gasteiger partial charge in [0.1, 0.15) is 5.60 Å². The number of hydrogen-bond donors (Lipinski definition) is 0. The van der Waals surface area contributed by atoms with E-state index in [-0.39, 0.29) is 18.2 Å². The van der Waals surface area contributed by atoms with Gasteiger partial charge in [0, 0.05) is 13.1 Å². The van der Waals surface area contributed by atoms with Gasteiger partial charge >= 0.3 is 6.09 Å². The molecule has 0 radical (unpaired) electrons. The Morgan fingerprint density at radius 1 is 1.14 bits per heavy atom. The molecular formula is C22H26N4O2. The van der Waals surface area contributed by atoms with E-state index in [9.17, 15) is 4.79 Å². The molecule has 2 aliphatic heterocycles. The predicted molar refractivity (Wildman–Crippen MR) is 109 cm³/mol. The first-order valence-corrected chi connectivity index (χ1v) is 9.43. The number of anilines is 1. The third kappa shape index (κ3) is 4.61. The molecule has 146 valence electrons. The molecule has 3 heterocycles. The molecule has 0 aliphatic carbocycles. The van der Waals surface area contributed by atoms with Crippen LogP contribution in [-0.2, 0) is 4.74 Å². The summed E-state index contributed by atoms with van der Waals surface area (Å²) in [5.74, 6) is 3.38. The Balaban J connectivity index is 0.000000320. The van der Waals surface area contributed by atoms with Crippen LogP contribution in [0.15, 0.2) is 48.7 Å². The van der Waals surface area contributed by atoms with Crippen LogP contribution in [0.4, 0.5) is 10.6 Å². The molecule has 0 unspecified atom stereocenters. The standard InChI is InChI=1S/C16H20N4O2.C6H6/c1-5-11-6-7-17-18-14(11)19-9-13-8-12(19)10-20(13)15(21)22-16(2,3)4;1-2-4-6-5-3-1/h1,6-7,12-13H,8-10H2,2-4H3;1-6H/t12-,13-;/m0./s1. The largest absolute Gasteiger partial charge is 0.444 e. The van der Waals surface area contributed by atoms with Gasteiger partial charge in [-0.15, -0.1) is 11.5 Å². The van der Waals surface area contributed by atoms with Crippen molar-refractivity contribution in [3.05, 3.63) is 54.2 Å². The van der Waals surface area contributed by atoms with Crippen LogP contribution in [0.1, 0.15) is 32.8 Å². The molecular weight excluding hydrogens is 352 g/mol. The maximum absolute atomic E-state index is 12.2. The number of ether oxygens (including phenoxy) is 1. The summed E-state index contributed by atoms with van der Waals surface area (Å²) in [4.78, 5) is 16.2. The first kappa shape index (κ1) is 19.7. The maximum Gasteiger partial charge on any atom is 0.410 e. The molecule has 28 heavy (non-hydrogen) atoms. The average molecular weight is 378 g/mol. The summed E-state index contributed by atoms with van der Waals surface area (Å²) < 4.78 is 5.47. The van der Waals surface area contributed by atoms with Crippen LogP contribution >= 0.6 is 0 Å².